The predicted molar refractivity (Wildman–Crippen MR) is 67.0 cm³/mol. The SMILES string of the molecule is O=C(NCCO)[C@@H]1CC(=O)N(c2ccccc2)C1. The van der Waals surface area contributed by atoms with Crippen molar-refractivity contribution < 1.29 is 14.7 Å². The van der Waals surface area contributed by atoms with Gasteiger partial charge < -0.3 is 15.3 Å². The van der Waals surface area contributed by atoms with E-state index in [1.807, 2.05) is 30.3 Å². The Labute approximate surface area is 105 Å². The zero-order valence-corrected chi connectivity index (χ0v) is 10.0. The third-order valence-corrected chi connectivity index (χ3v) is 2.97. The monoisotopic (exact) mass is 248 g/mol. The van der Waals surface area contributed by atoms with Crippen molar-refractivity contribution in [2.45, 2.75) is 6.42 Å². The molecule has 2 N–H and O–H groups in total. The number of nitrogens with one attached hydrogen (secondary N) is 1. The van der Waals surface area contributed by atoms with Crippen molar-refractivity contribution >= 4 is 17.5 Å². The highest BCUT2D eigenvalue weighted by molar-refractivity contribution is 6.00. The molecule has 0 saturated carbocycles. The highest BCUT2D eigenvalue weighted by atomic mass is 16.3. The molecule has 0 unspecified atom stereocenters. The highest BCUT2D eigenvalue weighted by Gasteiger charge is 2.34. The number of hydrogen-bond donors (Lipinski definition) is 2. The molecule has 5 heteroatoms. The van der Waals surface area contributed by atoms with Crippen molar-refractivity contribution in [3.05, 3.63) is 30.3 Å². The molecule has 0 radical (unpaired) electrons. The van der Waals surface area contributed by atoms with Crippen LogP contribution in [0.15, 0.2) is 30.3 Å². The lowest BCUT2D eigenvalue weighted by molar-refractivity contribution is -0.126. The number of aliphatic hydroxyl groups is 1. The topological polar surface area (TPSA) is 69.6 Å². The minimum absolute atomic E-state index is 0.0367. The fourth-order valence-electron chi connectivity index (χ4n) is 2.06. The van der Waals surface area contributed by atoms with Gasteiger partial charge in [-0.15, -0.1) is 0 Å². The Balaban J connectivity index is 2.01. The van der Waals surface area contributed by atoms with E-state index in [9.17, 15) is 9.59 Å². The molecule has 0 aliphatic carbocycles. The first-order valence-corrected chi connectivity index (χ1v) is 5.96. The molecule has 1 heterocycles. The number of benzene rings is 1. The Morgan fingerprint density at radius 2 is 2.11 bits per heavy atom. The molecule has 2 rings (SSSR count). The number of amides is 2. The molecule has 5 nitrogen and oxygen atoms in total. The molecule has 1 saturated heterocycles. The Morgan fingerprint density at radius 1 is 1.39 bits per heavy atom. The van der Waals surface area contributed by atoms with Gasteiger partial charge in [-0.25, -0.2) is 0 Å². The quantitative estimate of drug-likeness (QED) is 0.796. The lowest BCUT2D eigenvalue weighted by atomic mass is 10.1. The lowest BCUT2D eigenvalue weighted by Gasteiger charge is -2.16. The number of carbonyl (C=O) groups excluding carboxylic acids is 2. The van der Waals surface area contributed by atoms with Crippen molar-refractivity contribution in [3.63, 3.8) is 0 Å². The smallest absolute Gasteiger partial charge is 0.227 e. The fourth-order valence-corrected chi connectivity index (χ4v) is 2.06. The molecule has 1 fully saturated rings. The first-order chi connectivity index (χ1) is 8.72. The van der Waals surface area contributed by atoms with Crippen LogP contribution >= 0.6 is 0 Å². The van der Waals surface area contributed by atoms with Crippen LogP contribution in [0.4, 0.5) is 5.69 Å². The van der Waals surface area contributed by atoms with Crippen molar-refractivity contribution in [1.29, 1.82) is 0 Å². The van der Waals surface area contributed by atoms with Crippen molar-refractivity contribution in [2.24, 2.45) is 5.92 Å². The number of rotatable bonds is 4. The zero-order chi connectivity index (χ0) is 13.0. The van der Waals surface area contributed by atoms with Gasteiger partial charge in [-0.05, 0) is 12.1 Å². The first-order valence-electron chi connectivity index (χ1n) is 5.96. The van der Waals surface area contributed by atoms with Crippen molar-refractivity contribution in [3.8, 4) is 0 Å². The van der Waals surface area contributed by atoms with Crippen LogP contribution in [0, 0.1) is 5.92 Å². The van der Waals surface area contributed by atoms with E-state index in [1.165, 1.54) is 0 Å². The molecule has 18 heavy (non-hydrogen) atoms. The number of nitrogens with zero attached hydrogens (tertiary/aromatic N) is 1. The summed E-state index contributed by atoms with van der Waals surface area (Å²) in [6.07, 6.45) is 0.228. The third kappa shape index (κ3) is 2.68. The average Bonchev–Trinajstić information content (AvgIpc) is 2.79. The van der Waals surface area contributed by atoms with E-state index in [0.717, 1.165) is 5.69 Å². The first kappa shape index (κ1) is 12.6. The zero-order valence-electron chi connectivity index (χ0n) is 10.0. The van der Waals surface area contributed by atoms with Crippen molar-refractivity contribution in [2.75, 3.05) is 24.6 Å². The van der Waals surface area contributed by atoms with E-state index in [1.54, 1.807) is 4.90 Å². The molecule has 1 atom stereocenters. The number of anilines is 1. The Hall–Kier alpha value is -1.88. The summed E-state index contributed by atoms with van der Waals surface area (Å²) in [4.78, 5) is 25.2. The Kier molecular flexibility index (Phi) is 3.94. The second-order valence-corrected chi connectivity index (χ2v) is 4.26. The van der Waals surface area contributed by atoms with Crippen LogP contribution in [0.25, 0.3) is 0 Å². The van der Waals surface area contributed by atoms with E-state index in [4.69, 9.17) is 5.11 Å². The van der Waals surface area contributed by atoms with Gasteiger partial charge in [0.05, 0.1) is 12.5 Å². The van der Waals surface area contributed by atoms with E-state index < -0.39 is 0 Å². The molecule has 1 aromatic rings. The summed E-state index contributed by atoms with van der Waals surface area (Å²) in [5, 5.41) is 11.2. The van der Waals surface area contributed by atoms with Gasteiger partial charge in [-0.3, -0.25) is 9.59 Å². The summed E-state index contributed by atoms with van der Waals surface area (Å²) < 4.78 is 0. The predicted octanol–water partition coefficient (Wildman–Crippen LogP) is 0.148. The van der Waals surface area contributed by atoms with E-state index >= 15 is 0 Å². The largest absolute Gasteiger partial charge is 0.395 e. The van der Waals surface area contributed by atoms with Crippen LogP contribution < -0.4 is 10.2 Å². The summed E-state index contributed by atoms with van der Waals surface area (Å²) in [5.74, 6) is -0.537. The minimum atomic E-state index is -0.329. The molecular weight excluding hydrogens is 232 g/mol. The van der Waals surface area contributed by atoms with Gasteiger partial charge in [-0.2, -0.15) is 0 Å². The molecule has 0 aromatic heterocycles. The molecule has 0 spiro atoms. The summed E-state index contributed by atoms with van der Waals surface area (Å²) in [6, 6.07) is 9.32. The minimum Gasteiger partial charge on any atom is -0.395 e. The van der Waals surface area contributed by atoms with Gasteiger partial charge in [0.2, 0.25) is 11.8 Å². The van der Waals surface area contributed by atoms with Crippen LogP contribution in [-0.2, 0) is 9.59 Å². The van der Waals surface area contributed by atoms with Gasteiger partial charge in [-0.1, -0.05) is 18.2 Å². The number of para-hydroxylation sites is 1. The van der Waals surface area contributed by atoms with Crippen LogP contribution in [0.3, 0.4) is 0 Å². The second kappa shape index (κ2) is 5.64. The Morgan fingerprint density at radius 3 is 2.78 bits per heavy atom. The maximum atomic E-state index is 11.9. The number of hydrogen-bond acceptors (Lipinski definition) is 3. The van der Waals surface area contributed by atoms with Crippen LogP contribution in [0.5, 0.6) is 0 Å². The average molecular weight is 248 g/mol. The summed E-state index contributed by atoms with van der Waals surface area (Å²) in [5.41, 5.74) is 0.819. The maximum absolute atomic E-state index is 11.9. The normalized spacial score (nSPS) is 19.1. The van der Waals surface area contributed by atoms with Gasteiger partial charge in [0.1, 0.15) is 0 Å². The second-order valence-electron chi connectivity index (χ2n) is 4.26. The standard InChI is InChI=1S/C13H16N2O3/c16-7-6-14-13(18)10-8-12(17)15(9-10)11-4-2-1-3-5-11/h1-5,10,16H,6-9H2,(H,14,18)/t10-/m1/s1. The summed E-state index contributed by atoms with van der Waals surface area (Å²) >= 11 is 0. The molecule has 1 aromatic carbocycles. The maximum Gasteiger partial charge on any atom is 0.227 e. The summed E-state index contributed by atoms with van der Waals surface area (Å²) in [6.45, 7) is 0.545. The van der Waals surface area contributed by atoms with Crippen LogP contribution in [0.1, 0.15) is 6.42 Å². The molecule has 0 bridgehead atoms. The molecule has 1 aliphatic heterocycles. The van der Waals surface area contributed by atoms with E-state index in [2.05, 4.69) is 5.32 Å². The Bertz CT molecular complexity index is 433. The van der Waals surface area contributed by atoms with E-state index in [0.29, 0.717) is 6.54 Å². The lowest BCUT2D eigenvalue weighted by Crippen LogP contribution is -2.34. The molecule has 96 valence electrons. The van der Waals surface area contributed by atoms with Crippen LogP contribution in [-0.4, -0.2) is 36.6 Å². The van der Waals surface area contributed by atoms with E-state index in [-0.39, 0.29) is 37.3 Å². The molecular formula is C13H16N2O3. The fraction of sp³-hybridized carbons (Fsp3) is 0.385. The van der Waals surface area contributed by atoms with Crippen LogP contribution in [0.2, 0.25) is 0 Å². The third-order valence-electron chi connectivity index (χ3n) is 2.97. The summed E-state index contributed by atoms with van der Waals surface area (Å²) in [7, 11) is 0. The molecule has 2 amide bonds. The number of carbonyl (C=O) groups is 2. The molecule has 1 aliphatic rings. The van der Waals surface area contributed by atoms with Gasteiger partial charge in [0.15, 0.2) is 0 Å². The highest BCUT2D eigenvalue weighted by Crippen LogP contribution is 2.24. The van der Waals surface area contributed by atoms with Crippen molar-refractivity contribution in [1.82, 2.24) is 5.32 Å². The van der Waals surface area contributed by atoms with Gasteiger partial charge >= 0.3 is 0 Å². The van der Waals surface area contributed by atoms with Gasteiger partial charge in [0, 0.05) is 25.2 Å². The van der Waals surface area contributed by atoms with Gasteiger partial charge in [0.25, 0.3) is 0 Å². The number of aliphatic hydroxyl groups excluding tert-OH is 1.